The fourth-order valence-corrected chi connectivity index (χ4v) is 3.26. The van der Waals surface area contributed by atoms with Gasteiger partial charge in [-0.1, -0.05) is 24.3 Å². The molecule has 0 bridgehead atoms. The fourth-order valence-electron chi connectivity index (χ4n) is 3.26. The van der Waals surface area contributed by atoms with Crippen LogP contribution in [0.15, 0.2) is 48.9 Å². The summed E-state index contributed by atoms with van der Waals surface area (Å²) in [5.41, 5.74) is 1.18. The zero-order chi connectivity index (χ0) is 22.7. The van der Waals surface area contributed by atoms with E-state index in [1.807, 2.05) is 12.1 Å². The molecule has 0 radical (unpaired) electrons. The van der Waals surface area contributed by atoms with Crippen LogP contribution in [0.3, 0.4) is 0 Å². The summed E-state index contributed by atoms with van der Waals surface area (Å²) in [7, 11) is 3.45. The molecule has 0 saturated heterocycles. The van der Waals surface area contributed by atoms with Gasteiger partial charge < -0.3 is 14.8 Å². The van der Waals surface area contributed by atoms with Crippen LogP contribution < -0.4 is 10.1 Å². The first kappa shape index (κ1) is 21.7. The molecule has 4 rings (SSSR count). The van der Waals surface area contributed by atoms with Gasteiger partial charge in [-0.3, -0.25) is 24.3 Å². The second kappa shape index (κ2) is 8.78. The highest BCUT2D eigenvalue weighted by Gasteiger charge is 2.38. The number of hydrogen-bond acceptors (Lipinski definition) is 5. The number of amides is 3. The molecule has 0 spiro atoms. The number of carbonyl (C=O) groups is 4. The number of aromatic amines is 2. The van der Waals surface area contributed by atoms with E-state index in [0.29, 0.717) is 22.2 Å². The van der Waals surface area contributed by atoms with Crippen molar-refractivity contribution in [3.63, 3.8) is 0 Å². The first-order valence-electron chi connectivity index (χ1n) is 9.54. The van der Waals surface area contributed by atoms with Crippen molar-refractivity contribution in [3.05, 3.63) is 65.7 Å². The molecule has 31 heavy (non-hydrogen) atoms. The molecule has 1 aliphatic rings. The summed E-state index contributed by atoms with van der Waals surface area (Å²) in [5, 5.41) is 13.0. The van der Waals surface area contributed by atoms with Crippen molar-refractivity contribution >= 4 is 34.5 Å². The standard InChI is InChI=1S/C18H13N3O4.C4H9NO/c22-16-12-5-1-3-10-4-2-6-13(15(10)12)17(23)21(16)14(18(24)25)7-11-8-19-9-20-11;1-4(6)5(2)3/h1-6,8-9,14H,7H2,(H,19,20)(H,24,25);1-3H3/t14-;/m0./s1. The number of carboxylic acids is 1. The highest BCUT2D eigenvalue weighted by atomic mass is 16.4. The second-order valence-electron chi connectivity index (χ2n) is 7.27. The van der Waals surface area contributed by atoms with Crippen LogP contribution in [0.2, 0.25) is 0 Å². The monoisotopic (exact) mass is 422 g/mol. The molecule has 1 aromatic heterocycles. The number of imide groups is 1. The lowest BCUT2D eigenvalue weighted by Crippen LogP contribution is -2.55. The molecule has 9 heteroatoms. The third kappa shape index (κ3) is 4.30. The molecule has 2 heterocycles. The van der Waals surface area contributed by atoms with E-state index in [-0.39, 0.29) is 12.3 Å². The number of hydrogen-bond donors (Lipinski definition) is 1. The van der Waals surface area contributed by atoms with Gasteiger partial charge in [0, 0.05) is 44.0 Å². The van der Waals surface area contributed by atoms with Gasteiger partial charge in [-0.05, 0) is 17.5 Å². The Morgan fingerprint density at radius 2 is 1.65 bits per heavy atom. The number of aliphatic carboxylic acids is 1. The maximum absolute atomic E-state index is 12.9. The molecule has 3 aromatic rings. The Balaban J connectivity index is 0.000000401. The van der Waals surface area contributed by atoms with E-state index in [1.54, 1.807) is 44.6 Å². The van der Waals surface area contributed by atoms with Crippen molar-refractivity contribution in [1.29, 1.82) is 0 Å². The summed E-state index contributed by atoms with van der Waals surface area (Å²) in [5.74, 6) is -2.64. The van der Waals surface area contributed by atoms with Crippen molar-refractivity contribution in [1.82, 2.24) is 14.8 Å². The number of benzene rings is 2. The zero-order valence-corrected chi connectivity index (χ0v) is 17.3. The normalized spacial score (nSPS) is 13.5. The second-order valence-corrected chi connectivity index (χ2v) is 7.27. The predicted molar refractivity (Wildman–Crippen MR) is 109 cm³/mol. The highest BCUT2D eigenvalue weighted by molar-refractivity contribution is 6.26. The smallest absolute Gasteiger partial charge is 0.262 e. The average molecular weight is 422 g/mol. The van der Waals surface area contributed by atoms with Gasteiger partial charge in [0.15, 0.2) is 0 Å². The lowest BCUT2D eigenvalue weighted by Gasteiger charge is -2.33. The Bertz CT molecular complexity index is 1100. The summed E-state index contributed by atoms with van der Waals surface area (Å²) >= 11 is 0. The maximum Gasteiger partial charge on any atom is 0.262 e. The molecule has 0 unspecified atom stereocenters. The van der Waals surface area contributed by atoms with Crippen LogP contribution in [0.1, 0.15) is 33.3 Å². The Morgan fingerprint density at radius 3 is 2.06 bits per heavy atom. The number of carboxylic acid groups (broad SMARTS) is 1. The van der Waals surface area contributed by atoms with Crippen molar-refractivity contribution in [3.8, 4) is 0 Å². The molecule has 1 aliphatic heterocycles. The first-order chi connectivity index (χ1) is 14.7. The van der Waals surface area contributed by atoms with Crippen LogP contribution in [-0.2, 0) is 16.0 Å². The summed E-state index contributed by atoms with van der Waals surface area (Å²) in [4.78, 5) is 55.4. The first-order valence-corrected chi connectivity index (χ1v) is 9.54. The van der Waals surface area contributed by atoms with Gasteiger partial charge in [0.1, 0.15) is 11.9 Å². The van der Waals surface area contributed by atoms with Crippen molar-refractivity contribution in [2.45, 2.75) is 19.4 Å². The van der Waals surface area contributed by atoms with E-state index in [0.717, 1.165) is 10.3 Å². The third-order valence-corrected chi connectivity index (χ3v) is 5.03. The van der Waals surface area contributed by atoms with E-state index in [4.69, 9.17) is 0 Å². The van der Waals surface area contributed by atoms with Gasteiger partial charge in [0.25, 0.3) is 11.8 Å². The maximum atomic E-state index is 12.9. The molecular formula is C22H22N4O5. The lowest BCUT2D eigenvalue weighted by atomic mass is 9.92. The van der Waals surface area contributed by atoms with Gasteiger partial charge in [0.05, 0.1) is 12.0 Å². The molecular weight excluding hydrogens is 400 g/mol. The molecule has 2 aromatic carbocycles. The zero-order valence-electron chi connectivity index (χ0n) is 17.3. The lowest BCUT2D eigenvalue weighted by molar-refractivity contribution is -0.376. The Kier molecular flexibility index (Phi) is 6.15. The molecule has 2 N–H and O–H groups in total. The van der Waals surface area contributed by atoms with Crippen LogP contribution in [0.5, 0.6) is 0 Å². The van der Waals surface area contributed by atoms with E-state index < -0.39 is 23.8 Å². The van der Waals surface area contributed by atoms with Gasteiger partial charge in [-0.15, -0.1) is 0 Å². The van der Waals surface area contributed by atoms with Gasteiger partial charge in [0.2, 0.25) is 12.2 Å². The molecule has 0 aliphatic carbocycles. The Morgan fingerprint density at radius 1 is 1.10 bits per heavy atom. The Labute approximate surface area is 178 Å². The number of H-pyrrole nitrogens is 2. The highest BCUT2D eigenvalue weighted by Crippen LogP contribution is 2.31. The fraction of sp³-hybridized carbons (Fsp3) is 0.227. The van der Waals surface area contributed by atoms with Gasteiger partial charge in [-0.2, -0.15) is 0 Å². The summed E-state index contributed by atoms with van der Waals surface area (Å²) in [6.45, 7) is 1.53. The number of carbonyl (C=O) groups excluding carboxylic acids is 4. The molecule has 1 atom stereocenters. The number of nitrogens with zero attached hydrogens (tertiary/aromatic N) is 2. The van der Waals surface area contributed by atoms with Crippen LogP contribution >= 0.6 is 0 Å². The van der Waals surface area contributed by atoms with E-state index >= 15 is 0 Å². The van der Waals surface area contributed by atoms with Crippen LogP contribution in [0.4, 0.5) is 0 Å². The molecule has 3 amide bonds. The van der Waals surface area contributed by atoms with E-state index in [1.165, 1.54) is 18.2 Å². The molecule has 9 nitrogen and oxygen atoms in total. The van der Waals surface area contributed by atoms with Gasteiger partial charge >= 0.3 is 0 Å². The Hall–Kier alpha value is -4.01. The van der Waals surface area contributed by atoms with Crippen molar-refractivity contribution < 1.29 is 29.3 Å². The van der Waals surface area contributed by atoms with Crippen LogP contribution in [-0.4, -0.2) is 58.6 Å². The van der Waals surface area contributed by atoms with Crippen molar-refractivity contribution in [2.75, 3.05) is 14.1 Å². The largest absolute Gasteiger partial charge is 0.548 e. The van der Waals surface area contributed by atoms with E-state index in [2.05, 4.69) is 9.97 Å². The van der Waals surface area contributed by atoms with Crippen LogP contribution in [0.25, 0.3) is 10.8 Å². The summed E-state index contributed by atoms with van der Waals surface area (Å²) in [6, 6.07) is 8.83. The summed E-state index contributed by atoms with van der Waals surface area (Å²) in [6.07, 6.45) is 3.03. The molecule has 0 saturated carbocycles. The van der Waals surface area contributed by atoms with Crippen LogP contribution in [0, 0.1) is 0 Å². The number of aromatic nitrogens is 2. The molecule has 0 fully saturated rings. The minimum Gasteiger partial charge on any atom is -0.548 e. The minimum atomic E-state index is -1.48. The number of nitrogens with one attached hydrogen (secondary N) is 2. The topological polar surface area (TPSA) is 128 Å². The van der Waals surface area contributed by atoms with E-state index in [9.17, 15) is 24.3 Å². The number of rotatable bonds is 4. The third-order valence-electron chi connectivity index (χ3n) is 5.03. The SMILES string of the molecule is CC(=O)N(C)C.O=C([O-])[C@H](Cc1c[nH+]c[nH]1)N1C(=O)c2cccc3cccc(c23)C1=O. The average Bonchev–Trinajstić information content (AvgIpc) is 3.24. The summed E-state index contributed by atoms with van der Waals surface area (Å²) < 4.78 is 0. The minimum absolute atomic E-state index is 0.0680. The van der Waals surface area contributed by atoms with Gasteiger partial charge in [-0.25, -0.2) is 4.98 Å². The predicted octanol–water partition coefficient (Wildman–Crippen LogP) is 0.0337. The number of imidazole rings is 1. The molecule has 160 valence electrons. The quantitative estimate of drug-likeness (QED) is 0.594. The van der Waals surface area contributed by atoms with Crippen molar-refractivity contribution in [2.24, 2.45) is 0 Å².